The van der Waals surface area contributed by atoms with Crippen molar-refractivity contribution in [3.63, 3.8) is 0 Å². The molecule has 0 aliphatic heterocycles. The van der Waals surface area contributed by atoms with Gasteiger partial charge in [-0.05, 0) is 24.3 Å². The minimum Gasteiger partial charge on any atom is -0.507 e. The van der Waals surface area contributed by atoms with E-state index in [9.17, 15) is 49.4 Å². The van der Waals surface area contributed by atoms with Crippen molar-refractivity contribution in [1.29, 1.82) is 0 Å². The number of carbonyl (C=O) groups is 1. The molecular formula is C16H8F9NO2. The van der Waals surface area contributed by atoms with Crippen LogP contribution in [-0.2, 0) is 18.5 Å². The number of phenolic OH excluding ortho intramolecular Hbond substituents is 1. The summed E-state index contributed by atoms with van der Waals surface area (Å²) in [6.45, 7) is 0. The summed E-state index contributed by atoms with van der Waals surface area (Å²) in [7, 11) is 0. The first-order valence-electron chi connectivity index (χ1n) is 7.11. The first-order valence-corrected chi connectivity index (χ1v) is 7.11. The van der Waals surface area contributed by atoms with Gasteiger partial charge in [0, 0.05) is 0 Å². The number of hydrogen-bond acceptors (Lipinski definition) is 2. The molecule has 0 bridgehead atoms. The largest absolute Gasteiger partial charge is 0.507 e. The lowest BCUT2D eigenvalue weighted by atomic mass is 9.99. The van der Waals surface area contributed by atoms with E-state index in [0.717, 1.165) is 12.1 Å². The highest BCUT2D eigenvalue weighted by molar-refractivity contribution is 6.06. The van der Waals surface area contributed by atoms with Crippen LogP contribution < -0.4 is 5.32 Å². The molecule has 2 rings (SSSR count). The fourth-order valence-corrected chi connectivity index (χ4v) is 2.29. The fraction of sp³-hybridized carbons (Fsp3) is 0.188. The average Bonchev–Trinajstić information content (AvgIpc) is 2.51. The lowest BCUT2D eigenvalue weighted by Gasteiger charge is -2.22. The molecule has 2 aromatic carbocycles. The highest BCUT2D eigenvalue weighted by Gasteiger charge is 2.47. The van der Waals surface area contributed by atoms with Gasteiger partial charge < -0.3 is 10.4 Å². The van der Waals surface area contributed by atoms with Crippen LogP contribution >= 0.6 is 0 Å². The Kier molecular flexibility index (Phi) is 5.28. The summed E-state index contributed by atoms with van der Waals surface area (Å²) in [4.78, 5) is 12.0. The van der Waals surface area contributed by atoms with Crippen LogP contribution in [0.2, 0.25) is 0 Å². The van der Waals surface area contributed by atoms with Gasteiger partial charge in [-0.3, -0.25) is 4.79 Å². The van der Waals surface area contributed by atoms with Crippen LogP contribution in [0.25, 0.3) is 0 Å². The van der Waals surface area contributed by atoms with Crippen LogP contribution in [0.5, 0.6) is 5.75 Å². The van der Waals surface area contributed by atoms with Gasteiger partial charge in [-0.1, -0.05) is 12.1 Å². The Morgan fingerprint density at radius 2 is 1.39 bits per heavy atom. The van der Waals surface area contributed by atoms with E-state index >= 15 is 0 Å². The zero-order valence-electron chi connectivity index (χ0n) is 13.2. The van der Waals surface area contributed by atoms with Crippen LogP contribution in [0.15, 0.2) is 36.4 Å². The molecule has 0 fully saturated rings. The predicted molar refractivity (Wildman–Crippen MR) is 77.5 cm³/mol. The van der Waals surface area contributed by atoms with E-state index in [1.54, 1.807) is 0 Å². The third-order valence-corrected chi connectivity index (χ3v) is 3.45. The van der Waals surface area contributed by atoms with Crippen molar-refractivity contribution in [3.8, 4) is 5.75 Å². The Morgan fingerprint density at radius 3 is 1.86 bits per heavy atom. The summed E-state index contributed by atoms with van der Waals surface area (Å²) in [6.07, 6.45) is -16.9. The van der Waals surface area contributed by atoms with Gasteiger partial charge in [-0.2, -0.15) is 39.5 Å². The number of halogens is 9. The maximum absolute atomic E-state index is 13.2. The summed E-state index contributed by atoms with van der Waals surface area (Å²) in [5.74, 6) is -2.27. The number of benzene rings is 2. The monoisotopic (exact) mass is 417 g/mol. The topological polar surface area (TPSA) is 49.3 Å². The van der Waals surface area contributed by atoms with Gasteiger partial charge in [0.2, 0.25) is 0 Å². The summed E-state index contributed by atoms with van der Waals surface area (Å²) in [5.41, 5.74) is -9.54. The van der Waals surface area contributed by atoms with Gasteiger partial charge in [-0.15, -0.1) is 0 Å². The maximum atomic E-state index is 13.2. The standard InChI is InChI=1S/C16H8F9NO2/c17-14(18,19)7-5-9(15(20,21)22)12(16(23,24)25)10(6-7)26-13(28)8-3-1-2-4-11(8)27/h1-6,27H,(H,26,28). The number of carbonyl (C=O) groups excluding carboxylic acids is 1. The molecule has 0 radical (unpaired) electrons. The maximum Gasteiger partial charge on any atom is 0.419 e. The Balaban J connectivity index is 2.73. The Labute approximate surface area is 150 Å². The van der Waals surface area contributed by atoms with Crippen LogP contribution in [0.4, 0.5) is 45.2 Å². The molecule has 3 nitrogen and oxygen atoms in total. The average molecular weight is 417 g/mol. The van der Waals surface area contributed by atoms with E-state index in [0.29, 0.717) is 0 Å². The number of para-hydroxylation sites is 1. The van der Waals surface area contributed by atoms with E-state index in [1.165, 1.54) is 17.4 Å². The summed E-state index contributed by atoms with van der Waals surface area (Å²) in [5, 5.41) is 10.9. The molecule has 2 aromatic rings. The molecule has 0 atom stereocenters. The number of anilines is 1. The second-order valence-corrected chi connectivity index (χ2v) is 5.41. The first-order chi connectivity index (χ1) is 12.6. The Morgan fingerprint density at radius 1 is 0.821 bits per heavy atom. The second-order valence-electron chi connectivity index (χ2n) is 5.41. The predicted octanol–water partition coefficient (Wildman–Crippen LogP) is 5.70. The highest BCUT2D eigenvalue weighted by Crippen LogP contribution is 2.47. The SMILES string of the molecule is O=C(Nc1cc(C(F)(F)F)cc(C(F)(F)F)c1C(F)(F)F)c1ccccc1O. The molecule has 0 unspecified atom stereocenters. The van der Waals surface area contributed by atoms with Crippen molar-refractivity contribution in [2.45, 2.75) is 18.5 Å². The van der Waals surface area contributed by atoms with Gasteiger partial charge in [0.1, 0.15) is 5.75 Å². The minimum absolute atomic E-state index is 0.254. The second kappa shape index (κ2) is 6.91. The van der Waals surface area contributed by atoms with Crippen LogP contribution in [0, 0.1) is 0 Å². The molecule has 28 heavy (non-hydrogen) atoms. The minimum atomic E-state index is -5.79. The highest BCUT2D eigenvalue weighted by atomic mass is 19.4. The normalized spacial score (nSPS) is 12.8. The molecule has 0 saturated heterocycles. The number of phenols is 1. The van der Waals surface area contributed by atoms with E-state index in [2.05, 4.69) is 0 Å². The Bertz CT molecular complexity index is 898. The molecule has 1 amide bonds. The van der Waals surface area contributed by atoms with Crippen molar-refractivity contribution < 1.29 is 49.4 Å². The van der Waals surface area contributed by atoms with Crippen molar-refractivity contribution in [1.82, 2.24) is 0 Å². The first kappa shape index (κ1) is 21.4. The zero-order valence-corrected chi connectivity index (χ0v) is 13.2. The van der Waals surface area contributed by atoms with Gasteiger partial charge >= 0.3 is 18.5 Å². The molecule has 0 spiro atoms. The van der Waals surface area contributed by atoms with Crippen molar-refractivity contribution in [2.75, 3.05) is 5.32 Å². The number of nitrogens with one attached hydrogen (secondary N) is 1. The van der Waals surface area contributed by atoms with E-state index in [1.807, 2.05) is 0 Å². The lowest BCUT2D eigenvalue weighted by molar-refractivity contribution is -0.163. The van der Waals surface area contributed by atoms with Crippen LogP contribution in [0.3, 0.4) is 0 Å². The third-order valence-electron chi connectivity index (χ3n) is 3.45. The quantitative estimate of drug-likeness (QED) is 0.616. The number of aromatic hydroxyl groups is 1. The molecule has 0 aliphatic rings. The van der Waals surface area contributed by atoms with Gasteiger partial charge in [0.25, 0.3) is 5.91 Å². The molecule has 0 saturated carbocycles. The number of amides is 1. The molecule has 0 heterocycles. The van der Waals surface area contributed by atoms with Crippen molar-refractivity contribution in [3.05, 3.63) is 58.7 Å². The lowest BCUT2D eigenvalue weighted by Crippen LogP contribution is -2.23. The van der Waals surface area contributed by atoms with E-state index in [4.69, 9.17) is 0 Å². The third kappa shape index (κ3) is 4.49. The van der Waals surface area contributed by atoms with Crippen molar-refractivity contribution in [2.24, 2.45) is 0 Å². The number of hydrogen-bond donors (Lipinski definition) is 2. The van der Waals surface area contributed by atoms with Gasteiger partial charge in [-0.25, -0.2) is 0 Å². The molecule has 152 valence electrons. The summed E-state index contributed by atoms with van der Waals surface area (Å²) >= 11 is 0. The molecule has 0 aromatic heterocycles. The zero-order chi connectivity index (χ0) is 21.5. The van der Waals surface area contributed by atoms with Gasteiger partial charge in [0.15, 0.2) is 0 Å². The van der Waals surface area contributed by atoms with Crippen molar-refractivity contribution >= 4 is 11.6 Å². The fourth-order valence-electron chi connectivity index (χ4n) is 2.29. The smallest absolute Gasteiger partial charge is 0.419 e. The number of rotatable bonds is 2. The van der Waals surface area contributed by atoms with Crippen LogP contribution in [0.1, 0.15) is 27.0 Å². The molecular weight excluding hydrogens is 409 g/mol. The van der Waals surface area contributed by atoms with Crippen LogP contribution in [-0.4, -0.2) is 11.0 Å². The molecule has 12 heteroatoms. The molecule has 2 N–H and O–H groups in total. The Hall–Kier alpha value is -2.92. The summed E-state index contributed by atoms with van der Waals surface area (Å²) < 4.78 is 117. The number of alkyl halides is 9. The van der Waals surface area contributed by atoms with E-state index < -0.39 is 64.2 Å². The summed E-state index contributed by atoms with van der Waals surface area (Å²) in [6, 6.07) is 3.34. The van der Waals surface area contributed by atoms with Gasteiger partial charge in [0.05, 0.1) is 27.9 Å². The van der Waals surface area contributed by atoms with E-state index in [-0.39, 0.29) is 6.07 Å². The molecule has 0 aliphatic carbocycles.